The Labute approximate surface area is 67.0 Å². The maximum atomic E-state index is 10.6. The third-order valence-corrected chi connectivity index (χ3v) is 2.46. The average Bonchev–Trinajstić information content (AvgIpc) is 2.33. The Morgan fingerprint density at radius 1 is 1.73 bits per heavy atom. The number of hydrogen-bond acceptors (Lipinski definition) is 2. The first-order chi connectivity index (χ1) is 5.13. The van der Waals surface area contributed by atoms with Crippen LogP contribution in [0.3, 0.4) is 0 Å². The summed E-state index contributed by atoms with van der Waals surface area (Å²) in [5.41, 5.74) is 0. The number of carboxylic acid groups (broad SMARTS) is 1. The monoisotopic (exact) mass is 157 g/mol. The molecular formula is C8H15NO2. The van der Waals surface area contributed by atoms with Gasteiger partial charge in [0.15, 0.2) is 0 Å². The number of nitrogens with zero attached hydrogens (tertiary/aromatic N) is 1. The van der Waals surface area contributed by atoms with Crippen LogP contribution in [0.4, 0.5) is 0 Å². The van der Waals surface area contributed by atoms with Gasteiger partial charge in [-0.1, -0.05) is 0 Å². The minimum atomic E-state index is -0.709. The van der Waals surface area contributed by atoms with Crippen LogP contribution >= 0.6 is 0 Å². The van der Waals surface area contributed by atoms with E-state index < -0.39 is 5.97 Å². The Bertz CT molecular complexity index is 158. The topological polar surface area (TPSA) is 40.5 Å². The zero-order chi connectivity index (χ0) is 8.43. The summed E-state index contributed by atoms with van der Waals surface area (Å²) in [6, 6.07) is 0.133. The van der Waals surface area contributed by atoms with Crippen molar-refractivity contribution in [3.05, 3.63) is 0 Å². The second kappa shape index (κ2) is 3.22. The summed E-state index contributed by atoms with van der Waals surface area (Å²) in [7, 11) is 0. The Hall–Kier alpha value is -0.570. The van der Waals surface area contributed by atoms with Crippen LogP contribution in [0.2, 0.25) is 0 Å². The van der Waals surface area contributed by atoms with Crippen LogP contribution < -0.4 is 0 Å². The van der Waals surface area contributed by atoms with Gasteiger partial charge in [-0.25, -0.2) is 0 Å². The van der Waals surface area contributed by atoms with Crippen molar-refractivity contribution in [3.8, 4) is 0 Å². The molecule has 0 saturated carbocycles. The van der Waals surface area contributed by atoms with Crippen LogP contribution in [-0.2, 0) is 4.79 Å². The van der Waals surface area contributed by atoms with Gasteiger partial charge in [0.2, 0.25) is 0 Å². The molecule has 0 radical (unpaired) electrons. The van der Waals surface area contributed by atoms with E-state index in [0.717, 1.165) is 19.4 Å². The minimum Gasteiger partial charge on any atom is -0.480 e. The quantitative estimate of drug-likeness (QED) is 0.648. The molecule has 0 amide bonds. The zero-order valence-corrected chi connectivity index (χ0v) is 7.08. The van der Waals surface area contributed by atoms with Gasteiger partial charge in [-0.05, 0) is 33.2 Å². The third-order valence-electron chi connectivity index (χ3n) is 2.46. The second-order valence-electron chi connectivity index (χ2n) is 3.24. The number of rotatable bonds is 2. The highest BCUT2D eigenvalue weighted by Crippen LogP contribution is 2.18. The van der Waals surface area contributed by atoms with E-state index >= 15 is 0 Å². The molecule has 1 fully saturated rings. The van der Waals surface area contributed by atoms with Crippen LogP contribution in [0.15, 0.2) is 0 Å². The average molecular weight is 157 g/mol. The van der Waals surface area contributed by atoms with Crippen LogP contribution in [0, 0.1) is 0 Å². The van der Waals surface area contributed by atoms with Crippen molar-refractivity contribution >= 4 is 5.97 Å². The van der Waals surface area contributed by atoms with Crippen molar-refractivity contribution in [1.82, 2.24) is 4.90 Å². The molecule has 0 aromatic carbocycles. The Balaban J connectivity index is 2.52. The van der Waals surface area contributed by atoms with E-state index in [1.165, 1.54) is 0 Å². The molecule has 11 heavy (non-hydrogen) atoms. The predicted octanol–water partition coefficient (Wildman–Crippen LogP) is 0.944. The Morgan fingerprint density at radius 2 is 2.36 bits per heavy atom. The lowest BCUT2D eigenvalue weighted by Crippen LogP contribution is -2.40. The Morgan fingerprint density at radius 3 is 2.73 bits per heavy atom. The van der Waals surface area contributed by atoms with Gasteiger partial charge in [0, 0.05) is 6.04 Å². The molecule has 2 unspecified atom stereocenters. The minimum absolute atomic E-state index is 0.313. The molecule has 0 spiro atoms. The number of carboxylic acids is 1. The van der Waals surface area contributed by atoms with Gasteiger partial charge in [-0.15, -0.1) is 0 Å². The lowest BCUT2D eigenvalue weighted by Gasteiger charge is -2.24. The largest absolute Gasteiger partial charge is 0.480 e. The van der Waals surface area contributed by atoms with Crippen LogP contribution in [-0.4, -0.2) is 34.6 Å². The molecule has 1 aliphatic rings. The van der Waals surface area contributed by atoms with E-state index in [1.807, 2.05) is 4.90 Å². The SMILES string of the molecule is CC1CCCN1C(C)C(=O)O. The Kier molecular flexibility index (Phi) is 2.49. The van der Waals surface area contributed by atoms with Crippen LogP contribution in [0.25, 0.3) is 0 Å². The van der Waals surface area contributed by atoms with E-state index in [2.05, 4.69) is 6.92 Å². The maximum Gasteiger partial charge on any atom is 0.320 e. The van der Waals surface area contributed by atoms with Crippen molar-refractivity contribution in [2.45, 2.75) is 38.8 Å². The van der Waals surface area contributed by atoms with Gasteiger partial charge >= 0.3 is 5.97 Å². The number of hydrogen-bond donors (Lipinski definition) is 1. The third kappa shape index (κ3) is 1.71. The van der Waals surface area contributed by atoms with Gasteiger partial charge in [-0.2, -0.15) is 0 Å². The smallest absolute Gasteiger partial charge is 0.320 e. The zero-order valence-electron chi connectivity index (χ0n) is 7.08. The fraction of sp³-hybridized carbons (Fsp3) is 0.875. The van der Waals surface area contributed by atoms with Crippen LogP contribution in [0.1, 0.15) is 26.7 Å². The summed E-state index contributed by atoms with van der Waals surface area (Å²) in [5, 5.41) is 8.72. The van der Waals surface area contributed by atoms with Crippen molar-refractivity contribution in [1.29, 1.82) is 0 Å². The lowest BCUT2D eigenvalue weighted by atomic mass is 10.2. The van der Waals surface area contributed by atoms with Crippen molar-refractivity contribution in [3.63, 3.8) is 0 Å². The molecule has 64 valence electrons. The first-order valence-electron chi connectivity index (χ1n) is 4.11. The first kappa shape index (κ1) is 8.53. The number of carbonyl (C=O) groups is 1. The summed E-state index contributed by atoms with van der Waals surface area (Å²) >= 11 is 0. The second-order valence-corrected chi connectivity index (χ2v) is 3.24. The van der Waals surface area contributed by atoms with E-state index in [4.69, 9.17) is 5.11 Å². The van der Waals surface area contributed by atoms with Crippen molar-refractivity contribution in [2.24, 2.45) is 0 Å². The molecule has 2 atom stereocenters. The molecular weight excluding hydrogens is 142 g/mol. The number of likely N-dealkylation sites (tertiary alicyclic amines) is 1. The molecule has 1 aliphatic heterocycles. The molecule has 0 bridgehead atoms. The molecule has 1 heterocycles. The number of aliphatic carboxylic acids is 1. The normalized spacial score (nSPS) is 28.7. The maximum absolute atomic E-state index is 10.6. The summed E-state index contributed by atoms with van der Waals surface area (Å²) in [4.78, 5) is 12.6. The summed E-state index contributed by atoms with van der Waals surface area (Å²) in [6.45, 7) is 4.78. The highest BCUT2D eigenvalue weighted by atomic mass is 16.4. The van der Waals surface area contributed by atoms with E-state index in [9.17, 15) is 4.79 Å². The summed E-state index contributed by atoms with van der Waals surface area (Å²) < 4.78 is 0. The van der Waals surface area contributed by atoms with Gasteiger partial charge in [0.25, 0.3) is 0 Å². The standard InChI is InChI=1S/C8H15NO2/c1-6-4-3-5-9(6)7(2)8(10)11/h6-7H,3-5H2,1-2H3,(H,10,11). The molecule has 0 aliphatic carbocycles. The highest BCUT2D eigenvalue weighted by molar-refractivity contribution is 5.72. The molecule has 3 nitrogen and oxygen atoms in total. The van der Waals surface area contributed by atoms with E-state index in [1.54, 1.807) is 6.92 Å². The molecule has 1 rings (SSSR count). The first-order valence-corrected chi connectivity index (χ1v) is 4.11. The van der Waals surface area contributed by atoms with Gasteiger partial charge in [-0.3, -0.25) is 9.69 Å². The summed E-state index contributed by atoms with van der Waals surface area (Å²) in [5.74, 6) is -0.709. The fourth-order valence-corrected chi connectivity index (χ4v) is 1.67. The molecule has 1 N–H and O–H groups in total. The molecule has 1 saturated heterocycles. The van der Waals surface area contributed by atoms with Crippen LogP contribution in [0.5, 0.6) is 0 Å². The summed E-state index contributed by atoms with van der Waals surface area (Å²) in [6.07, 6.45) is 2.27. The van der Waals surface area contributed by atoms with Gasteiger partial charge < -0.3 is 5.11 Å². The van der Waals surface area contributed by atoms with Gasteiger partial charge in [0.1, 0.15) is 6.04 Å². The van der Waals surface area contributed by atoms with E-state index in [0.29, 0.717) is 6.04 Å². The lowest BCUT2D eigenvalue weighted by molar-refractivity contribution is -0.142. The predicted molar refractivity (Wildman–Crippen MR) is 42.5 cm³/mol. The van der Waals surface area contributed by atoms with Gasteiger partial charge in [0.05, 0.1) is 0 Å². The van der Waals surface area contributed by atoms with E-state index in [-0.39, 0.29) is 6.04 Å². The highest BCUT2D eigenvalue weighted by Gasteiger charge is 2.28. The fourth-order valence-electron chi connectivity index (χ4n) is 1.67. The molecule has 0 aromatic heterocycles. The molecule has 0 aromatic rings. The van der Waals surface area contributed by atoms with Crippen molar-refractivity contribution in [2.75, 3.05) is 6.54 Å². The van der Waals surface area contributed by atoms with Crippen molar-refractivity contribution < 1.29 is 9.90 Å². The molecule has 3 heteroatoms.